The second-order valence-electron chi connectivity index (χ2n) is 2.19. The zero-order chi connectivity index (χ0) is 6.85. The van der Waals surface area contributed by atoms with E-state index in [-0.39, 0.29) is 0 Å². The lowest BCUT2D eigenvalue weighted by molar-refractivity contribution is 1.24. The first kappa shape index (κ1) is 6.08. The molecule has 0 aromatic carbocycles. The van der Waals surface area contributed by atoms with Crippen LogP contribution < -0.4 is 0 Å². The molecule has 0 atom stereocenters. The van der Waals surface area contributed by atoms with Crippen molar-refractivity contribution < 1.29 is 0 Å². The predicted molar refractivity (Wildman–Crippen MR) is 38.2 cm³/mol. The number of aromatic nitrogens is 1. The molecule has 9 heavy (non-hydrogen) atoms. The average Bonchev–Trinajstić information content (AvgIpc) is 2.10. The summed E-state index contributed by atoms with van der Waals surface area (Å²) in [6.07, 6.45) is 1.34. The quantitative estimate of drug-likeness (QED) is 0.531. The molecule has 0 spiro atoms. The van der Waals surface area contributed by atoms with Crippen molar-refractivity contribution in [1.29, 1.82) is 5.41 Å². The van der Waals surface area contributed by atoms with Crippen molar-refractivity contribution in [1.82, 2.24) is 4.98 Å². The molecule has 0 saturated carbocycles. The van der Waals surface area contributed by atoms with Crippen molar-refractivity contribution >= 4 is 6.21 Å². The van der Waals surface area contributed by atoms with Crippen molar-refractivity contribution in [2.45, 2.75) is 13.8 Å². The maximum atomic E-state index is 6.94. The molecule has 2 N–H and O–H groups in total. The van der Waals surface area contributed by atoms with Crippen LogP contribution in [0.5, 0.6) is 0 Å². The van der Waals surface area contributed by atoms with E-state index in [2.05, 4.69) is 4.98 Å². The molecular weight excluding hydrogens is 112 g/mol. The van der Waals surface area contributed by atoms with E-state index < -0.39 is 0 Å². The van der Waals surface area contributed by atoms with E-state index in [1.165, 1.54) is 6.21 Å². The molecule has 1 heterocycles. The van der Waals surface area contributed by atoms with Crippen LogP contribution in [-0.4, -0.2) is 11.2 Å². The molecule has 0 aliphatic carbocycles. The lowest BCUT2D eigenvalue weighted by atomic mass is 10.3. The summed E-state index contributed by atoms with van der Waals surface area (Å²) in [5.74, 6) is 0. The van der Waals surface area contributed by atoms with Crippen LogP contribution in [0.25, 0.3) is 0 Å². The van der Waals surface area contributed by atoms with Crippen LogP contribution in [0.4, 0.5) is 0 Å². The normalized spacial score (nSPS) is 9.56. The lowest BCUT2D eigenvalue weighted by Crippen LogP contribution is -1.80. The summed E-state index contributed by atoms with van der Waals surface area (Å²) < 4.78 is 0. The maximum Gasteiger partial charge on any atom is 0.0590 e. The molecule has 0 amide bonds. The third-order valence-electron chi connectivity index (χ3n) is 1.33. The van der Waals surface area contributed by atoms with E-state index in [0.717, 1.165) is 17.0 Å². The topological polar surface area (TPSA) is 39.6 Å². The largest absolute Gasteiger partial charge is 0.358 e. The SMILES string of the molecule is Cc1cc(C)c(C=N)[nH]1. The predicted octanol–water partition coefficient (Wildman–Crippen LogP) is 1.63. The summed E-state index contributed by atoms with van der Waals surface area (Å²) in [7, 11) is 0. The van der Waals surface area contributed by atoms with Crippen LogP contribution >= 0.6 is 0 Å². The Morgan fingerprint density at radius 3 is 2.44 bits per heavy atom. The summed E-state index contributed by atoms with van der Waals surface area (Å²) in [5, 5.41) is 6.94. The van der Waals surface area contributed by atoms with Gasteiger partial charge in [-0.2, -0.15) is 0 Å². The summed E-state index contributed by atoms with van der Waals surface area (Å²) >= 11 is 0. The van der Waals surface area contributed by atoms with Crippen molar-refractivity contribution in [3.63, 3.8) is 0 Å². The van der Waals surface area contributed by atoms with Gasteiger partial charge in [-0.3, -0.25) is 0 Å². The van der Waals surface area contributed by atoms with Crippen LogP contribution in [0.15, 0.2) is 6.07 Å². The number of H-pyrrole nitrogens is 1. The summed E-state index contributed by atoms with van der Waals surface area (Å²) in [4.78, 5) is 3.05. The van der Waals surface area contributed by atoms with Crippen LogP contribution in [0.2, 0.25) is 0 Å². The van der Waals surface area contributed by atoms with Gasteiger partial charge in [-0.1, -0.05) is 0 Å². The van der Waals surface area contributed by atoms with Gasteiger partial charge in [0.15, 0.2) is 0 Å². The molecule has 0 aliphatic heterocycles. The van der Waals surface area contributed by atoms with Gasteiger partial charge < -0.3 is 10.4 Å². The van der Waals surface area contributed by atoms with Gasteiger partial charge in [0.25, 0.3) is 0 Å². The third kappa shape index (κ3) is 1.02. The number of nitrogens with one attached hydrogen (secondary N) is 2. The first-order valence-corrected chi connectivity index (χ1v) is 2.90. The van der Waals surface area contributed by atoms with Gasteiger partial charge in [-0.25, -0.2) is 0 Å². The minimum atomic E-state index is 0.910. The van der Waals surface area contributed by atoms with Crippen molar-refractivity contribution in [3.05, 3.63) is 23.0 Å². The van der Waals surface area contributed by atoms with Gasteiger partial charge in [-0.05, 0) is 25.5 Å². The fourth-order valence-electron chi connectivity index (χ4n) is 0.900. The fraction of sp³-hybridized carbons (Fsp3) is 0.286. The first-order valence-electron chi connectivity index (χ1n) is 2.90. The summed E-state index contributed by atoms with van der Waals surface area (Å²) in [5.41, 5.74) is 3.17. The van der Waals surface area contributed by atoms with Crippen LogP contribution in [0.1, 0.15) is 17.0 Å². The Morgan fingerprint density at radius 1 is 1.56 bits per heavy atom. The minimum Gasteiger partial charge on any atom is -0.358 e. The Morgan fingerprint density at radius 2 is 2.22 bits per heavy atom. The molecular formula is C7H10N2. The average molecular weight is 122 g/mol. The zero-order valence-corrected chi connectivity index (χ0v) is 5.65. The van der Waals surface area contributed by atoms with Gasteiger partial charge >= 0.3 is 0 Å². The lowest BCUT2D eigenvalue weighted by Gasteiger charge is -1.83. The Balaban J connectivity index is 3.15. The van der Waals surface area contributed by atoms with E-state index in [9.17, 15) is 0 Å². The number of hydrogen-bond donors (Lipinski definition) is 2. The highest BCUT2D eigenvalue weighted by atomic mass is 14.7. The van der Waals surface area contributed by atoms with E-state index in [0.29, 0.717) is 0 Å². The van der Waals surface area contributed by atoms with Gasteiger partial charge in [0.2, 0.25) is 0 Å². The smallest absolute Gasteiger partial charge is 0.0590 e. The third-order valence-corrected chi connectivity index (χ3v) is 1.33. The van der Waals surface area contributed by atoms with Crippen molar-refractivity contribution in [3.8, 4) is 0 Å². The highest BCUT2D eigenvalue weighted by molar-refractivity contribution is 5.76. The standard InChI is InChI=1S/C7H10N2/c1-5-3-6(2)9-7(5)4-8/h3-4,8-9H,1-2H3. The molecule has 48 valence electrons. The molecule has 1 aromatic rings. The molecule has 0 radical (unpaired) electrons. The van der Waals surface area contributed by atoms with Gasteiger partial charge in [0.1, 0.15) is 0 Å². The van der Waals surface area contributed by atoms with Gasteiger partial charge in [0, 0.05) is 11.9 Å². The van der Waals surface area contributed by atoms with E-state index in [1.807, 2.05) is 19.9 Å². The Bertz CT molecular complexity index is 223. The van der Waals surface area contributed by atoms with E-state index in [4.69, 9.17) is 5.41 Å². The Kier molecular flexibility index (Phi) is 1.39. The summed E-state index contributed by atoms with van der Waals surface area (Å²) in [6.45, 7) is 3.98. The Hall–Kier alpha value is -1.05. The van der Waals surface area contributed by atoms with Crippen LogP contribution in [0.3, 0.4) is 0 Å². The monoisotopic (exact) mass is 122 g/mol. The molecule has 0 unspecified atom stereocenters. The number of hydrogen-bond acceptors (Lipinski definition) is 1. The van der Waals surface area contributed by atoms with Gasteiger partial charge in [0.05, 0.1) is 5.69 Å². The van der Waals surface area contributed by atoms with Crippen LogP contribution in [-0.2, 0) is 0 Å². The minimum absolute atomic E-state index is 0.910. The summed E-state index contributed by atoms with van der Waals surface area (Å²) in [6, 6.07) is 2.03. The second-order valence-corrected chi connectivity index (χ2v) is 2.19. The van der Waals surface area contributed by atoms with Crippen molar-refractivity contribution in [2.24, 2.45) is 0 Å². The highest BCUT2D eigenvalue weighted by Gasteiger charge is 1.95. The van der Waals surface area contributed by atoms with E-state index >= 15 is 0 Å². The number of aryl methyl sites for hydroxylation is 2. The molecule has 2 heteroatoms. The Labute approximate surface area is 54.4 Å². The number of aromatic amines is 1. The van der Waals surface area contributed by atoms with E-state index in [1.54, 1.807) is 0 Å². The zero-order valence-electron chi connectivity index (χ0n) is 5.65. The molecule has 0 aliphatic rings. The van der Waals surface area contributed by atoms with Gasteiger partial charge in [-0.15, -0.1) is 0 Å². The molecule has 0 fully saturated rings. The van der Waals surface area contributed by atoms with Crippen LogP contribution in [0, 0.1) is 19.3 Å². The maximum absolute atomic E-state index is 6.94. The number of rotatable bonds is 1. The second kappa shape index (κ2) is 2.05. The molecule has 2 nitrogen and oxygen atoms in total. The van der Waals surface area contributed by atoms with Crippen molar-refractivity contribution in [2.75, 3.05) is 0 Å². The fourth-order valence-corrected chi connectivity index (χ4v) is 0.900. The highest BCUT2D eigenvalue weighted by Crippen LogP contribution is 2.04. The molecule has 1 aromatic heterocycles. The first-order chi connectivity index (χ1) is 4.24. The molecule has 0 saturated heterocycles. The molecule has 1 rings (SSSR count). The molecule has 0 bridgehead atoms.